The van der Waals surface area contributed by atoms with Gasteiger partial charge in [0.25, 0.3) is 0 Å². The fraction of sp³-hybridized carbons (Fsp3) is 0.259. The van der Waals surface area contributed by atoms with Crippen molar-refractivity contribution < 1.29 is 9.53 Å². The van der Waals surface area contributed by atoms with Crippen molar-refractivity contribution in [2.75, 3.05) is 38.2 Å². The molecule has 1 amide bonds. The quantitative estimate of drug-likeness (QED) is 0.425. The first-order chi connectivity index (χ1) is 17.0. The number of pyridine rings is 1. The van der Waals surface area contributed by atoms with Gasteiger partial charge in [0.05, 0.1) is 18.8 Å². The van der Waals surface area contributed by atoms with Crippen LogP contribution in [-0.2, 0) is 11.2 Å². The smallest absolute Gasteiger partial charge is 0.239 e. The Morgan fingerprint density at radius 1 is 1.14 bits per heavy atom. The van der Waals surface area contributed by atoms with Gasteiger partial charge < -0.3 is 25.3 Å². The Hall–Kier alpha value is -3.55. The van der Waals surface area contributed by atoms with E-state index >= 15 is 0 Å². The molecule has 1 saturated heterocycles. The Morgan fingerprint density at radius 3 is 2.66 bits per heavy atom. The number of piperazine rings is 1. The summed E-state index contributed by atoms with van der Waals surface area (Å²) in [5, 5.41) is 1.73. The lowest BCUT2D eigenvalue weighted by Crippen LogP contribution is -2.53. The number of hydrogen-bond donors (Lipinski definition) is 2. The summed E-state index contributed by atoms with van der Waals surface area (Å²) < 4.78 is 5.44. The molecule has 0 saturated carbocycles. The minimum absolute atomic E-state index is 0.0193. The van der Waals surface area contributed by atoms with Crippen LogP contribution in [0.5, 0.6) is 5.75 Å². The van der Waals surface area contributed by atoms with Crippen molar-refractivity contribution in [2.45, 2.75) is 12.5 Å². The molecule has 1 fully saturated rings. The maximum Gasteiger partial charge on any atom is 0.239 e. The average Bonchev–Trinajstić information content (AvgIpc) is 3.38. The van der Waals surface area contributed by atoms with E-state index in [0.717, 1.165) is 39.2 Å². The van der Waals surface area contributed by atoms with Crippen LogP contribution in [0.3, 0.4) is 0 Å². The lowest BCUT2D eigenvalue weighted by molar-refractivity contribution is -0.132. The second-order valence-corrected chi connectivity index (χ2v) is 9.18. The zero-order valence-electron chi connectivity index (χ0n) is 19.6. The van der Waals surface area contributed by atoms with E-state index in [-0.39, 0.29) is 5.91 Å². The molecule has 1 atom stereocenters. The van der Waals surface area contributed by atoms with Gasteiger partial charge in [0.1, 0.15) is 11.4 Å². The predicted octanol–water partition coefficient (Wildman–Crippen LogP) is 4.11. The summed E-state index contributed by atoms with van der Waals surface area (Å²) in [7, 11) is 1.67. The second kappa shape index (κ2) is 9.98. The molecule has 180 valence electrons. The van der Waals surface area contributed by atoms with E-state index in [1.54, 1.807) is 7.11 Å². The Balaban J connectivity index is 1.34. The average molecular weight is 490 g/mol. The van der Waals surface area contributed by atoms with E-state index in [1.807, 2.05) is 59.8 Å². The number of methoxy groups -OCH3 is 1. The molecule has 5 rings (SSSR count). The summed E-state index contributed by atoms with van der Waals surface area (Å²) in [4.78, 5) is 25.1. The summed E-state index contributed by atoms with van der Waals surface area (Å²) in [6.45, 7) is 2.64. The summed E-state index contributed by atoms with van der Waals surface area (Å²) in [6, 6.07) is 17.0. The summed E-state index contributed by atoms with van der Waals surface area (Å²) in [6.07, 6.45) is 4.30. The number of aromatic nitrogens is 2. The number of carbonyl (C=O) groups is 1. The van der Waals surface area contributed by atoms with Crippen LogP contribution in [-0.4, -0.2) is 60.1 Å². The maximum absolute atomic E-state index is 13.1. The molecule has 0 radical (unpaired) electrons. The highest BCUT2D eigenvalue weighted by Crippen LogP contribution is 2.37. The predicted molar refractivity (Wildman–Crippen MR) is 140 cm³/mol. The van der Waals surface area contributed by atoms with Gasteiger partial charge in [-0.25, -0.2) is 4.98 Å². The number of H-pyrrole nitrogens is 1. The normalized spacial score (nSPS) is 14.8. The van der Waals surface area contributed by atoms with Crippen molar-refractivity contribution in [3.63, 3.8) is 0 Å². The van der Waals surface area contributed by atoms with E-state index in [0.29, 0.717) is 37.6 Å². The summed E-state index contributed by atoms with van der Waals surface area (Å²) in [5.74, 6) is 0.779. The molecule has 35 heavy (non-hydrogen) atoms. The van der Waals surface area contributed by atoms with Crippen LogP contribution in [0.2, 0.25) is 5.02 Å². The summed E-state index contributed by atoms with van der Waals surface area (Å²) >= 11 is 5.97. The molecule has 1 aliphatic heterocycles. The van der Waals surface area contributed by atoms with Gasteiger partial charge in [0.2, 0.25) is 5.91 Å². The molecule has 0 bridgehead atoms. The first kappa shape index (κ1) is 23.2. The number of anilines is 1. The number of ether oxygens (including phenoxy) is 1. The number of rotatable bonds is 6. The van der Waals surface area contributed by atoms with Crippen LogP contribution in [0.15, 0.2) is 67.0 Å². The van der Waals surface area contributed by atoms with Gasteiger partial charge in [-0.3, -0.25) is 4.79 Å². The number of benzene rings is 2. The molecule has 7 nitrogen and oxygen atoms in total. The van der Waals surface area contributed by atoms with Gasteiger partial charge in [-0.05, 0) is 47.9 Å². The molecule has 3 heterocycles. The van der Waals surface area contributed by atoms with Gasteiger partial charge in [-0.15, -0.1) is 0 Å². The topological polar surface area (TPSA) is 87.5 Å². The van der Waals surface area contributed by atoms with Crippen molar-refractivity contribution in [2.24, 2.45) is 5.73 Å². The third kappa shape index (κ3) is 4.83. The number of nitrogens with two attached hydrogens (primary N) is 1. The number of halogens is 1. The van der Waals surface area contributed by atoms with Crippen molar-refractivity contribution in [1.29, 1.82) is 0 Å². The fourth-order valence-corrected chi connectivity index (χ4v) is 4.81. The summed E-state index contributed by atoms with van der Waals surface area (Å²) in [5.41, 5.74) is 11.3. The maximum atomic E-state index is 13.1. The molecule has 2 aromatic heterocycles. The molecular weight excluding hydrogens is 462 g/mol. The van der Waals surface area contributed by atoms with Crippen LogP contribution in [0.4, 0.5) is 5.69 Å². The van der Waals surface area contributed by atoms with E-state index < -0.39 is 6.04 Å². The monoisotopic (exact) mass is 489 g/mol. The Labute approximate surface area is 209 Å². The van der Waals surface area contributed by atoms with Gasteiger partial charge >= 0.3 is 0 Å². The van der Waals surface area contributed by atoms with Gasteiger partial charge in [0.15, 0.2) is 0 Å². The van der Waals surface area contributed by atoms with Crippen molar-refractivity contribution in [1.82, 2.24) is 14.9 Å². The van der Waals surface area contributed by atoms with E-state index in [1.165, 1.54) is 0 Å². The number of hydrogen-bond acceptors (Lipinski definition) is 5. The second-order valence-electron chi connectivity index (χ2n) is 8.74. The van der Waals surface area contributed by atoms with Gasteiger partial charge in [-0.1, -0.05) is 35.9 Å². The van der Waals surface area contributed by atoms with Crippen molar-refractivity contribution >= 4 is 34.2 Å². The molecule has 8 heteroatoms. The molecule has 4 aromatic rings. The van der Waals surface area contributed by atoms with E-state index in [4.69, 9.17) is 22.1 Å². The third-order valence-electron chi connectivity index (χ3n) is 6.53. The van der Waals surface area contributed by atoms with E-state index in [2.05, 4.69) is 27.0 Å². The number of carbonyl (C=O) groups excluding carboxylic acids is 1. The molecule has 1 unspecified atom stereocenters. The number of nitrogens with zero attached hydrogens (tertiary/aromatic N) is 3. The fourth-order valence-electron chi connectivity index (χ4n) is 4.68. The molecule has 1 aliphatic rings. The molecule has 2 aromatic carbocycles. The Kier molecular flexibility index (Phi) is 6.61. The van der Waals surface area contributed by atoms with Crippen LogP contribution in [0.1, 0.15) is 5.56 Å². The Bertz CT molecular complexity index is 1330. The molecular formula is C27H28ClN5O2. The highest BCUT2D eigenvalue weighted by molar-refractivity contribution is 6.30. The largest absolute Gasteiger partial charge is 0.497 e. The standard InChI is InChI=1S/C27H28ClN5O2/c1-35-21-4-2-3-19(16-21)23-17-31-26-22(9-10-30-26)25(23)32-11-13-33(14-12-32)27(34)24(29)15-18-5-7-20(28)8-6-18/h2-10,16-17,24H,11-15,29H2,1H3,(H,30,31). The lowest BCUT2D eigenvalue weighted by atomic mass is 10.0. The first-order valence-electron chi connectivity index (χ1n) is 11.7. The van der Waals surface area contributed by atoms with Gasteiger partial charge in [-0.2, -0.15) is 0 Å². The zero-order chi connectivity index (χ0) is 24.4. The van der Waals surface area contributed by atoms with Crippen molar-refractivity contribution in [3.05, 3.63) is 77.6 Å². The van der Waals surface area contributed by atoms with Crippen LogP contribution < -0.4 is 15.4 Å². The third-order valence-corrected chi connectivity index (χ3v) is 6.78. The number of aromatic amines is 1. The van der Waals surface area contributed by atoms with Crippen LogP contribution in [0.25, 0.3) is 22.2 Å². The lowest BCUT2D eigenvalue weighted by Gasteiger charge is -2.38. The van der Waals surface area contributed by atoms with Crippen molar-refractivity contribution in [3.8, 4) is 16.9 Å². The van der Waals surface area contributed by atoms with E-state index in [9.17, 15) is 4.79 Å². The number of fused-ring (bicyclic) bond motifs is 1. The number of nitrogens with one attached hydrogen (secondary N) is 1. The SMILES string of the molecule is COc1cccc(-c2cnc3[nH]ccc3c2N2CCN(C(=O)C(N)Cc3ccc(Cl)cc3)CC2)c1. The molecule has 0 aliphatic carbocycles. The Morgan fingerprint density at radius 2 is 1.91 bits per heavy atom. The van der Waals surface area contributed by atoms with Crippen LogP contribution >= 0.6 is 11.6 Å². The minimum Gasteiger partial charge on any atom is -0.497 e. The van der Waals surface area contributed by atoms with Crippen LogP contribution in [0, 0.1) is 0 Å². The van der Waals surface area contributed by atoms with Gasteiger partial charge in [0, 0.05) is 54.5 Å². The minimum atomic E-state index is -0.577. The molecule has 3 N–H and O–H groups in total. The zero-order valence-corrected chi connectivity index (χ0v) is 20.3. The highest BCUT2D eigenvalue weighted by Gasteiger charge is 2.27. The highest BCUT2D eigenvalue weighted by atomic mass is 35.5. The molecule has 0 spiro atoms. The number of amides is 1. The first-order valence-corrected chi connectivity index (χ1v) is 12.1.